The second-order valence-electron chi connectivity index (χ2n) is 10.5. The maximum absolute atomic E-state index is 2.45. The summed E-state index contributed by atoms with van der Waals surface area (Å²) in [6, 6.07) is 31.6. The summed E-state index contributed by atoms with van der Waals surface area (Å²) in [7, 11) is 0. The highest BCUT2D eigenvalue weighted by molar-refractivity contribution is 5.81. The predicted octanol–water partition coefficient (Wildman–Crippen LogP) is 8.50. The molecule has 2 atom stereocenters. The van der Waals surface area contributed by atoms with Crippen molar-refractivity contribution in [1.29, 1.82) is 0 Å². The van der Waals surface area contributed by atoms with Gasteiger partial charge in [-0.15, -0.1) is 0 Å². The van der Waals surface area contributed by atoms with Crippen LogP contribution in [0.2, 0.25) is 0 Å². The Morgan fingerprint density at radius 3 is 2.18 bits per heavy atom. The average Bonchev–Trinajstić information content (AvgIpc) is 3.58. The average molecular weight is 437 g/mol. The first-order valence-electron chi connectivity index (χ1n) is 12.4. The van der Waals surface area contributed by atoms with Gasteiger partial charge in [-0.05, 0) is 62.1 Å². The van der Waals surface area contributed by atoms with Gasteiger partial charge in [-0.25, -0.2) is 0 Å². The zero-order valence-corrected chi connectivity index (χ0v) is 19.8. The van der Waals surface area contributed by atoms with Crippen molar-refractivity contribution < 1.29 is 0 Å². The van der Waals surface area contributed by atoms with E-state index >= 15 is 0 Å². The van der Waals surface area contributed by atoms with E-state index in [2.05, 4.69) is 123 Å². The Hall–Kier alpha value is -3.64. The minimum Gasteiger partial charge on any atom is -0.0755 e. The first-order valence-corrected chi connectivity index (χ1v) is 12.4. The van der Waals surface area contributed by atoms with Gasteiger partial charge < -0.3 is 0 Å². The van der Waals surface area contributed by atoms with Gasteiger partial charge in [0, 0.05) is 17.3 Å². The van der Waals surface area contributed by atoms with Crippen LogP contribution in [0.1, 0.15) is 70.2 Å². The van der Waals surface area contributed by atoms with E-state index in [4.69, 9.17) is 0 Å². The van der Waals surface area contributed by atoms with E-state index < -0.39 is 0 Å². The third kappa shape index (κ3) is 2.72. The SMILES string of the molecule is CC(C)(c1ccc2c(c1C1C=Cc3ccccc31)Cc1ccccc1-2)C1C=Cc2ccccc21. The molecule has 0 amide bonds. The van der Waals surface area contributed by atoms with Crippen LogP contribution in [-0.4, -0.2) is 0 Å². The zero-order chi connectivity index (χ0) is 22.9. The van der Waals surface area contributed by atoms with Crippen molar-refractivity contribution in [1.82, 2.24) is 0 Å². The van der Waals surface area contributed by atoms with Crippen molar-refractivity contribution in [2.24, 2.45) is 0 Å². The lowest BCUT2D eigenvalue weighted by molar-refractivity contribution is 0.468. The normalized spacial score (nSPS) is 19.1. The molecule has 2 unspecified atom stereocenters. The standard InChI is InChI=1S/C34H28/c1-34(2,31-19-16-23-10-4-8-14-27(23)31)32-20-18-28-26-13-7-5-11-24(26)21-30(28)33(32)29-17-15-22-9-3-6-12-25(22)29/h3-20,29,31H,21H2,1-2H3. The number of rotatable bonds is 3. The highest BCUT2D eigenvalue weighted by Crippen LogP contribution is 2.52. The Bertz CT molecular complexity index is 1510. The summed E-state index contributed by atoms with van der Waals surface area (Å²) in [4.78, 5) is 0. The molecule has 0 aromatic heterocycles. The molecule has 0 heteroatoms. The number of fused-ring (bicyclic) bond motifs is 5. The van der Waals surface area contributed by atoms with E-state index in [0.29, 0.717) is 11.8 Å². The lowest BCUT2D eigenvalue weighted by atomic mass is 9.67. The van der Waals surface area contributed by atoms with Gasteiger partial charge in [0.15, 0.2) is 0 Å². The lowest BCUT2D eigenvalue weighted by Crippen LogP contribution is -2.28. The minimum absolute atomic E-state index is 0.0341. The summed E-state index contributed by atoms with van der Waals surface area (Å²) < 4.78 is 0. The maximum atomic E-state index is 2.45. The van der Waals surface area contributed by atoms with Crippen molar-refractivity contribution in [3.05, 3.63) is 142 Å². The number of benzene rings is 4. The van der Waals surface area contributed by atoms with Gasteiger partial charge in [-0.1, -0.05) is 123 Å². The quantitative estimate of drug-likeness (QED) is 0.266. The summed E-state index contributed by atoms with van der Waals surface area (Å²) in [6.07, 6.45) is 10.5. The van der Waals surface area contributed by atoms with Gasteiger partial charge in [-0.3, -0.25) is 0 Å². The van der Waals surface area contributed by atoms with E-state index in [1.807, 2.05) is 0 Å². The van der Waals surface area contributed by atoms with E-state index in [1.165, 1.54) is 55.6 Å². The van der Waals surface area contributed by atoms with Crippen LogP contribution < -0.4 is 0 Å². The van der Waals surface area contributed by atoms with E-state index in [1.54, 1.807) is 0 Å². The summed E-state index contributed by atoms with van der Waals surface area (Å²) in [6.45, 7) is 4.89. The molecule has 0 saturated carbocycles. The van der Waals surface area contributed by atoms with E-state index in [-0.39, 0.29) is 5.41 Å². The van der Waals surface area contributed by atoms with E-state index in [9.17, 15) is 0 Å². The largest absolute Gasteiger partial charge is 0.0755 e. The van der Waals surface area contributed by atoms with Crippen molar-refractivity contribution in [2.45, 2.75) is 37.5 Å². The number of hydrogen-bond acceptors (Lipinski definition) is 0. The van der Waals surface area contributed by atoms with Crippen LogP contribution in [0.5, 0.6) is 0 Å². The Labute approximate surface area is 202 Å². The summed E-state index contributed by atoms with van der Waals surface area (Å²) in [5, 5.41) is 0. The molecule has 3 aliphatic carbocycles. The molecule has 0 aliphatic heterocycles. The molecule has 0 fully saturated rings. The number of hydrogen-bond donors (Lipinski definition) is 0. The van der Waals surface area contributed by atoms with Crippen LogP contribution in [0.4, 0.5) is 0 Å². The minimum atomic E-state index is -0.0341. The van der Waals surface area contributed by atoms with Gasteiger partial charge in [0.25, 0.3) is 0 Å². The van der Waals surface area contributed by atoms with Gasteiger partial charge in [0.2, 0.25) is 0 Å². The van der Waals surface area contributed by atoms with Crippen molar-refractivity contribution in [3.8, 4) is 11.1 Å². The van der Waals surface area contributed by atoms with Gasteiger partial charge in [0.1, 0.15) is 0 Å². The molecule has 0 bridgehead atoms. The first-order chi connectivity index (χ1) is 16.6. The molecular weight excluding hydrogens is 408 g/mol. The van der Waals surface area contributed by atoms with Crippen LogP contribution in [-0.2, 0) is 11.8 Å². The lowest BCUT2D eigenvalue weighted by Gasteiger charge is -2.36. The molecule has 0 nitrogen and oxygen atoms in total. The fraction of sp³-hybridized carbons (Fsp3) is 0.176. The Kier molecular flexibility index (Phi) is 4.18. The topological polar surface area (TPSA) is 0 Å². The van der Waals surface area contributed by atoms with Crippen LogP contribution in [0, 0.1) is 0 Å². The molecule has 0 N–H and O–H groups in total. The summed E-state index contributed by atoms with van der Waals surface area (Å²) >= 11 is 0. The molecule has 0 spiro atoms. The summed E-state index contributed by atoms with van der Waals surface area (Å²) in [5.41, 5.74) is 14.4. The Balaban J connectivity index is 1.46. The zero-order valence-electron chi connectivity index (χ0n) is 19.8. The van der Waals surface area contributed by atoms with Crippen molar-refractivity contribution in [2.75, 3.05) is 0 Å². The highest BCUT2D eigenvalue weighted by atomic mass is 14.4. The van der Waals surface area contributed by atoms with Crippen LogP contribution in [0.15, 0.2) is 97.1 Å². The molecule has 0 radical (unpaired) electrons. The molecule has 4 aromatic rings. The molecule has 0 saturated heterocycles. The van der Waals surface area contributed by atoms with Crippen LogP contribution in [0.25, 0.3) is 23.3 Å². The predicted molar refractivity (Wildman–Crippen MR) is 143 cm³/mol. The smallest absolute Gasteiger partial charge is 0.0284 e. The van der Waals surface area contributed by atoms with Crippen LogP contribution in [0.3, 0.4) is 0 Å². The first kappa shape index (κ1) is 19.8. The highest BCUT2D eigenvalue weighted by Gasteiger charge is 2.39. The Morgan fingerprint density at radius 1 is 0.647 bits per heavy atom. The molecule has 4 aromatic carbocycles. The molecule has 164 valence electrons. The van der Waals surface area contributed by atoms with Gasteiger partial charge >= 0.3 is 0 Å². The Morgan fingerprint density at radius 2 is 1.32 bits per heavy atom. The monoisotopic (exact) mass is 436 g/mol. The van der Waals surface area contributed by atoms with Gasteiger partial charge in [-0.2, -0.15) is 0 Å². The number of allylic oxidation sites excluding steroid dienone is 2. The van der Waals surface area contributed by atoms with Crippen molar-refractivity contribution in [3.63, 3.8) is 0 Å². The van der Waals surface area contributed by atoms with E-state index in [0.717, 1.165) is 6.42 Å². The van der Waals surface area contributed by atoms with Crippen molar-refractivity contribution >= 4 is 12.2 Å². The maximum Gasteiger partial charge on any atom is 0.0284 e. The molecule has 0 heterocycles. The molecule has 3 aliphatic rings. The third-order valence-corrected chi connectivity index (χ3v) is 8.41. The fourth-order valence-electron chi connectivity index (χ4n) is 6.70. The third-order valence-electron chi connectivity index (χ3n) is 8.41. The second kappa shape index (κ2) is 7.18. The molecule has 34 heavy (non-hydrogen) atoms. The second-order valence-corrected chi connectivity index (χ2v) is 10.5. The van der Waals surface area contributed by atoms with Gasteiger partial charge in [0.05, 0.1) is 0 Å². The summed E-state index contributed by atoms with van der Waals surface area (Å²) in [5.74, 6) is 0.667. The molecular formula is C34H28. The molecule has 7 rings (SSSR count). The van der Waals surface area contributed by atoms with Crippen LogP contribution >= 0.6 is 0 Å². The fourth-order valence-corrected chi connectivity index (χ4v) is 6.70.